The molecule has 2 heterocycles. The summed E-state index contributed by atoms with van der Waals surface area (Å²) >= 11 is 11.7. The van der Waals surface area contributed by atoms with Crippen LogP contribution in [-0.2, 0) is 0 Å². The number of amides is 1. The first kappa shape index (κ1) is 46.3. The maximum atomic E-state index is 12.1. The lowest BCUT2D eigenvalue weighted by molar-refractivity contribution is -0.384. The molecule has 19 heteroatoms. The van der Waals surface area contributed by atoms with Gasteiger partial charge in [-0.05, 0) is 74.0 Å². The highest BCUT2D eigenvalue weighted by Crippen LogP contribution is 2.21. The van der Waals surface area contributed by atoms with E-state index < -0.39 is 4.92 Å². The first-order valence-electron chi connectivity index (χ1n) is 18.8. The minimum atomic E-state index is -0.444. The highest BCUT2D eigenvalue weighted by molar-refractivity contribution is 6.31. The monoisotopic (exact) mass is 836 g/mol. The number of nitrogens with one attached hydrogen (secondary N) is 4. The van der Waals surface area contributed by atoms with Crippen molar-refractivity contribution < 1.29 is 19.2 Å². The fourth-order valence-electron chi connectivity index (χ4n) is 4.57. The largest absolute Gasteiger partial charge is 0.464 e. The Labute approximate surface area is 348 Å². The van der Waals surface area contributed by atoms with Gasteiger partial charge in [0.1, 0.15) is 6.61 Å². The van der Waals surface area contributed by atoms with Crippen molar-refractivity contribution >= 4 is 70.0 Å². The molecule has 0 radical (unpaired) electrons. The highest BCUT2D eigenvalue weighted by atomic mass is 35.5. The molecule has 0 bridgehead atoms. The Hall–Kier alpha value is -6.07. The third-order valence-corrected chi connectivity index (χ3v) is 7.87. The molecule has 0 aliphatic rings. The normalized spacial score (nSPS) is 10.1. The van der Waals surface area contributed by atoms with E-state index in [9.17, 15) is 14.9 Å². The molecule has 0 saturated carbocycles. The Bertz CT molecular complexity index is 1990. The zero-order valence-corrected chi connectivity index (χ0v) is 35.0. The second-order valence-corrected chi connectivity index (χ2v) is 12.9. The molecule has 2 aromatic heterocycles. The summed E-state index contributed by atoms with van der Waals surface area (Å²) < 4.78 is 11.0. The Morgan fingerprint density at radius 3 is 1.83 bits per heavy atom. The van der Waals surface area contributed by atoms with Crippen molar-refractivity contribution in [3.63, 3.8) is 0 Å². The highest BCUT2D eigenvalue weighted by Gasteiger charge is 2.12. The van der Waals surface area contributed by atoms with Gasteiger partial charge in [-0.25, -0.2) is 0 Å². The number of nitro groups is 1. The number of aromatic nitrogens is 6. The summed E-state index contributed by atoms with van der Waals surface area (Å²) in [5, 5.41) is 24.0. The van der Waals surface area contributed by atoms with Gasteiger partial charge in [-0.3, -0.25) is 14.9 Å². The van der Waals surface area contributed by atoms with Crippen molar-refractivity contribution in [1.82, 2.24) is 35.2 Å². The maximum absolute atomic E-state index is 12.1. The van der Waals surface area contributed by atoms with Crippen molar-refractivity contribution in [2.45, 2.75) is 53.4 Å². The molecule has 4 N–H and O–H groups in total. The smallest absolute Gasteiger partial charge is 0.323 e. The van der Waals surface area contributed by atoms with Crippen LogP contribution < -0.4 is 35.6 Å². The second-order valence-electron chi connectivity index (χ2n) is 12.0. The predicted molar refractivity (Wildman–Crippen MR) is 230 cm³/mol. The molecule has 310 valence electrons. The quantitative estimate of drug-likeness (QED) is 0.0348. The van der Waals surface area contributed by atoms with Gasteiger partial charge in [-0.15, -0.1) is 0 Å². The van der Waals surface area contributed by atoms with Gasteiger partial charge in [0.25, 0.3) is 11.6 Å². The van der Waals surface area contributed by atoms with Crippen molar-refractivity contribution in [2.24, 2.45) is 0 Å². The molecule has 3 aromatic carbocycles. The number of nitrogens with zero attached hydrogens (tertiary/aromatic N) is 8. The third kappa shape index (κ3) is 16.6. The molecule has 5 aromatic rings. The lowest BCUT2D eigenvalue weighted by Crippen LogP contribution is -2.28. The van der Waals surface area contributed by atoms with Crippen molar-refractivity contribution in [3.05, 3.63) is 98.5 Å². The molecular formula is C39H50Cl2N12O5. The fourth-order valence-corrected chi connectivity index (χ4v) is 4.82. The molecule has 0 fully saturated rings. The summed E-state index contributed by atoms with van der Waals surface area (Å²) in [5.74, 6) is 1.29. The van der Waals surface area contributed by atoms with Crippen LogP contribution in [0.1, 0.15) is 63.7 Å². The van der Waals surface area contributed by atoms with E-state index >= 15 is 0 Å². The van der Waals surface area contributed by atoms with Crippen LogP contribution in [0.25, 0.3) is 0 Å². The van der Waals surface area contributed by atoms with Gasteiger partial charge in [-0.2, -0.15) is 29.9 Å². The van der Waals surface area contributed by atoms with E-state index in [4.69, 9.17) is 32.7 Å². The van der Waals surface area contributed by atoms with Crippen LogP contribution in [0.5, 0.6) is 12.0 Å². The number of nitro benzene ring substituents is 1. The third-order valence-electron chi connectivity index (χ3n) is 7.36. The van der Waals surface area contributed by atoms with Gasteiger partial charge in [0.15, 0.2) is 0 Å². The van der Waals surface area contributed by atoms with E-state index in [-0.39, 0.29) is 36.8 Å². The van der Waals surface area contributed by atoms with E-state index in [2.05, 4.69) is 58.1 Å². The lowest BCUT2D eigenvalue weighted by Gasteiger charge is -2.14. The summed E-state index contributed by atoms with van der Waals surface area (Å²) in [6.07, 6.45) is 4.58. The standard InChI is InChI=1S/C20H20Cl2N6O2.C17H24N6O3.C2H6/c1-28(2)19-25-18(24-16-9-7-15(22)8-10-16)26-20(27-19)30-12-11-23-17(29)13-3-5-14(21)6-4-13;1-3-5-6-7-12-18-15-20-16(22-17(21-15)26-4-2)19-13-8-10-14(11-9-13)23(24)25;1-2/h3-10H,11-12H2,1-2H3,(H,23,29)(H,24,25,26,27);8-11H,3-7,12H2,1-2H3,(H2,18,19,20,21,22);1-2H3. The van der Waals surface area contributed by atoms with Crippen molar-refractivity contribution in [2.75, 3.05) is 61.2 Å². The van der Waals surface area contributed by atoms with Gasteiger partial charge in [0.2, 0.25) is 23.8 Å². The summed E-state index contributed by atoms with van der Waals surface area (Å²) in [6.45, 7) is 9.71. The molecule has 0 atom stereocenters. The molecule has 1 amide bonds. The zero-order valence-electron chi connectivity index (χ0n) is 33.5. The zero-order chi connectivity index (χ0) is 42.3. The van der Waals surface area contributed by atoms with Crippen LogP contribution in [0.3, 0.4) is 0 Å². The SMILES string of the molecule is CC.CCCCCCNc1nc(Nc2ccc([N+](=O)[O-])cc2)nc(OCC)n1.CN(C)c1nc(Nc2ccc(Cl)cc2)nc(OCCNC(=O)c2ccc(Cl)cc2)n1. The molecule has 0 spiro atoms. The first-order chi connectivity index (χ1) is 28.0. The van der Waals surface area contributed by atoms with E-state index in [1.807, 2.05) is 47.0 Å². The van der Waals surface area contributed by atoms with Gasteiger partial charge in [0, 0.05) is 59.8 Å². The number of halogens is 2. The van der Waals surface area contributed by atoms with E-state index in [1.165, 1.54) is 25.0 Å². The van der Waals surface area contributed by atoms with Gasteiger partial charge < -0.3 is 35.6 Å². The summed E-state index contributed by atoms with van der Waals surface area (Å²) in [7, 11) is 3.63. The second kappa shape index (κ2) is 25.2. The number of anilines is 6. The number of benzene rings is 3. The lowest BCUT2D eigenvalue weighted by atomic mass is 10.2. The first-order valence-corrected chi connectivity index (χ1v) is 19.5. The Kier molecular flexibility index (Phi) is 20.2. The minimum Gasteiger partial charge on any atom is -0.464 e. The molecule has 0 aliphatic carbocycles. The van der Waals surface area contributed by atoms with Crippen LogP contribution in [0, 0.1) is 10.1 Å². The number of rotatable bonds is 19. The van der Waals surface area contributed by atoms with Crippen molar-refractivity contribution in [3.8, 4) is 12.0 Å². The van der Waals surface area contributed by atoms with Gasteiger partial charge in [0.05, 0.1) is 18.1 Å². The number of unbranched alkanes of at least 4 members (excludes halogenated alkanes) is 3. The average molecular weight is 838 g/mol. The summed E-state index contributed by atoms with van der Waals surface area (Å²) in [4.78, 5) is 49.8. The topological polar surface area (TPSA) is 207 Å². The molecule has 17 nitrogen and oxygen atoms in total. The molecule has 0 aliphatic heterocycles. The summed E-state index contributed by atoms with van der Waals surface area (Å²) in [6, 6.07) is 20.2. The minimum absolute atomic E-state index is 0.0237. The average Bonchev–Trinajstić information content (AvgIpc) is 3.22. The van der Waals surface area contributed by atoms with Crippen LogP contribution in [0.4, 0.5) is 40.9 Å². The molecule has 5 rings (SSSR count). The Balaban J connectivity index is 0.000000301. The number of hydrogen-bond acceptors (Lipinski definition) is 15. The fraction of sp³-hybridized carbons (Fsp3) is 0.359. The van der Waals surface area contributed by atoms with Gasteiger partial charge >= 0.3 is 12.0 Å². The van der Waals surface area contributed by atoms with Crippen LogP contribution in [-0.4, -0.2) is 81.1 Å². The van der Waals surface area contributed by atoms with Gasteiger partial charge in [-0.1, -0.05) is 63.2 Å². The molecule has 0 saturated heterocycles. The van der Waals surface area contributed by atoms with E-state index in [0.29, 0.717) is 51.7 Å². The van der Waals surface area contributed by atoms with Crippen molar-refractivity contribution in [1.29, 1.82) is 0 Å². The number of non-ortho nitro benzene ring substituents is 1. The number of carbonyl (C=O) groups is 1. The summed E-state index contributed by atoms with van der Waals surface area (Å²) in [5.41, 5.74) is 1.95. The Morgan fingerprint density at radius 1 is 0.707 bits per heavy atom. The maximum Gasteiger partial charge on any atom is 0.323 e. The van der Waals surface area contributed by atoms with E-state index in [0.717, 1.165) is 25.1 Å². The van der Waals surface area contributed by atoms with E-state index in [1.54, 1.807) is 53.4 Å². The number of hydrogen-bond donors (Lipinski definition) is 4. The number of carbonyl (C=O) groups excluding carboxylic acids is 1. The predicted octanol–water partition coefficient (Wildman–Crippen LogP) is 8.74. The van der Waals surface area contributed by atoms with Crippen LogP contribution in [0.15, 0.2) is 72.8 Å². The van der Waals surface area contributed by atoms with Crippen LogP contribution >= 0.6 is 23.2 Å². The molecule has 0 unspecified atom stereocenters. The number of ether oxygens (including phenoxy) is 2. The van der Waals surface area contributed by atoms with Crippen LogP contribution in [0.2, 0.25) is 10.0 Å². The Morgan fingerprint density at radius 2 is 1.26 bits per heavy atom. The molecule has 58 heavy (non-hydrogen) atoms. The molecular weight excluding hydrogens is 787 g/mol.